The Balaban J connectivity index is 2.08. The lowest BCUT2D eigenvalue weighted by atomic mass is 10.3. The van der Waals surface area contributed by atoms with Crippen molar-refractivity contribution in [2.45, 2.75) is 24.9 Å². The Hall–Kier alpha value is -1.79. The monoisotopic (exact) mass is 293 g/mol. The van der Waals surface area contributed by atoms with E-state index in [1.54, 1.807) is 18.2 Å². The predicted octanol–water partition coefficient (Wildman–Crippen LogP) is 2.03. The molecule has 5 nitrogen and oxygen atoms in total. The molecule has 0 spiro atoms. The van der Waals surface area contributed by atoms with Gasteiger partial charge in [0.05, 0.1) is 4.90 Å². The average Bonchev–Trinajstić information content (AvgIpc) is 2.93. The quantitative estimate of drug-likeness (QED) is 0.856. The van der Waals surface area contributed by atoms with E-state index >= 15 is 0 Å². The van der Waals surface area contributed by atoms with Crippen LogP contribution in [-0.4, -0.2) is 20.0 Å². The van der Waals surface area contributed by atoms with Gasteiger partial charge in [0.15, 0.2) is 0 Å². The lowest BCUT2D eigenvalue weighted by Gasteiger charge is -2.08. The van der Waals surface area contributed by atoms with Crippen molar-refractivity contribution < 1.29 is 8.42 Å². The second-order valence-electron chi connectivity index (χ2n) is 4.44. The number of nitrogens with zero attached hydrogens (tertiary/aromatic N) is 1. The smallest absolute Gasteiger partial charge is 0.240 e. The molecule has 0 aliphatic heterocycles. The van der Waals surface area contributed by atoms with Gasteiger partial charge in [-0.1, -0.05) is 6.07 Å². The third kappa shape index (κ3) is 3.40. The van der Waals surface area contributed by atoms with E-state index in [4.69, 9.17) is 0 Å². The Kier molecular flexibility index (Phi) is 4.46. The normalized spacial score (nSPS) is 11.5. The molecule has 2 rings (SSSR count). The number of rotatable bonds is 6. The zero-order valence-electron chi connectivity index (χ0n) is 11.6. The third-order valence-corrected chi connectivity index (χ3v) is 4.50. The minimum Gasteiger partial charge on any atom is -0.381 e. The van der Waals surface area contributed by atoms with Crippen LogP contribution in [0.2, 0.25) is 0 Å². The summed E-state index contributed by atoms with van der Waals surface area (Å²) in [5, 5.41) is 3.23. The second kappa shape index (κ2) is 6.11. The topological polar surface area (TPSA) is 63.1 Å². The van der Waals surface area contributed by atoms with Crippen molar-refractivity contribution in [3.05, 3.63) is 48.3 Å². The molecule has 0 fully saturated rings. The van der Waals surface area contributed by atoms with Gasteiger partial charge in [0.25, 0.3) is 0 Å². The Morgan fingerprint density at radius 2 is 2.05 bits per heavy atom. The van der Waals surface area contributed by atoms with Gasteiger partial charge in [0.2, 0.25) is 10.0 Å². The third-order valence-electron chi connectivity index (χ3n) is 3.09. The molecule has 0 atom stereocenters. The molecule has 6 heteroatoms. The van der Waals surface area contributed by atoms with Crippen molar-refractivity contribution in [3.63, 3.8) is 0 Å². The summed E-state index contributed by atoms with van der Waals surface area (Å²) >= 11 is 0. The van der Waals surface area contributed by atoms with E-state index in [-0.39, 0.29) is 4.90 Å². The molecule has 0 radical (unpaired) electrons. The Morgan fingerprint density at radius 1 is 1.25 bits per heavy atom. The number of hydrogen-bond donors (Lipinski definition) is 2. The maximum atomic E-state index is 11.7. The molecule has 1 aromatic carbocycles. The molecule has 0 aliphatic carbocycles. The highest BCUT2D eigenvalue weighted by Crippen LogP contribution is 2.16. The number of benzene rings is 1. The summed E-state index contributed by atoms with van der Waals surface area (Å²) in [4.78, 5) is 0.260. The molecule has 0 bridgehead atoms. The Morgan fingerprint density at radius 3 is 2.70 bits per heavy atom. The van der Waals surface area contributed by atoms with Gasteiger partial charge in [-0.25, -0.2) is 13.1 Å². The van der Waals surface area contributed by atoms with Crippen LogP contribution in [0.4, 0.5) is 5.69 Å². The van der Waals surface area contributed by atoms with Crippen LogP contribution in [0.5, 0.6) is 0 Å². The number of aromatic nitrogens is 1. The van der Waals surface area contributed by atoms with Crippen molar-refractivity contribution >= 4 is 15.7 Å². The van der Waals surface area contributed by atoms with Gasteiger partial charge in [-0.3, -0.25) is 0 Å². The second-order valence-corrected chi connectivity index (χ2v) is 6.33. The average molecular weight is 293 g/mol. The van der Waals surface area contributed by atoms with Crippen molar-refractivity contribution in [1.82, 2.24) is 9.29 Å². The van der Waals surface area contributed by atoms with Gasteiger partial charge in [-0.15, -0.1) is 0 Å². The fraction of sp³-hybridized carbons (Fsp3) is 0.286. The van der Waals surface area contributed by atoms with E-state index in [0.29, 0.717) is 6.54 Å². The first-order chi connectivity index (χ1) is 9.55. The highest BCUT2D eigenvalue weighted by molar-refractivity contribution is 7.89. The highest BCUT2D eigenvalue weighted by atomic mass is 32.2. The molecule has 108 valence electrons. The molecule has 1 aromatic heterocycles. The molecule has 0 unspecified atom stereocenters. The van der Waals surface area contributed by atoms with Crippen LogP contribution in [0, 0.1) is 0 Å². The summed E-state index contributed by atoms with van der Waals surface area (Å²) in [6, 6.07) is 8.83. The maximum absolute atomic E-state index is 11.7. The molecular weight excluding hydrogens is 274 g/mol. The van der Waals surface area contributed by atoms with E-state index in [0.717, 1.165) is 17.8 Å². The molecule has 0 saturated heterocycles. The van der Waals surface area contributed by atoms with Gasteiger partial charge in [0.1, 0.15) is 0 Å². The van der Waals surface area contributed by atoms with Crippen molar-refractivity contribution in [1.29, 1.82) is 0 Å². The molecule has 0 amide bonds. The van der Waals surface area contributed by atoms with Crippen molar-refractivity contribution in [2.75, 3.05) is 12.4 Å². The van der Waals surface area contributed by atoms with E-state index in [2.05, 4.69) is 27.7 Å². The molecule has 0 saturated carbocycles. The zero-order chi connectivity index (χ0) is 14.6. The van der Waals surface area contributed by atoms with Crippen LogP contribution in [0.25, 0.3) is 0 Å². The minimum atomic E-state index is -3.40. The summed E-state index contributed by atoms with van der Waals surface area (Å²) in [5.74, 6) is 0. The molecule has 2 aromatic rings. The van der Waals surface area contributed by atoms with Gasteiger partial charge >= 0.3 is 0 Å². The zero-order valence-corrected chi connectivity index (χ0v) is 12.4. The first-order valence-electron chi connectivity index (χ1n) is 6.47. The first-order valence-corrected chi connectivity index (χ1v) is 7.95. The van der Waals surface area contributed by atoms with E-state index in [1.165, 1.54) is 7.05 Å². The Labute approximate surface area is 119 Å². The summed E-state index contributed by atoms with van der Waals surface area (Å²) in [7, 11) is -1.99. The molecule has 20 heavy (non-hydrogen) atoms. The van der Waals surface area contributed by atoms with Crippen molar-refractivity contribution in [2.24, 2.45) is 0 Å². The minimum absolute atomic E-state index is 0.260. The largest absolute Gasteiger partial charge is 0.381 e. The fourth-order valence-corrected chi connectivity index (χ4v) is 2.66. The standard InChI is InChI=1S/C14H19N3O2S/c1-3-17-8-7-12(11-17)10-16-13-5-4-6-14(9-13)20(18,19)15-2/h4-9,11,15-16H,3,10H2,1-2H3. The van der Waals surface area contributed by atoms with Gasteiger partial charge in [0, 0.05) is 31.2 Å². The van der Waals surface area contributed by atoms with Crippen LogP contribution >= 0.6 is 0 Å². The molecule has 0 aliphatic rings. The number of sulfonamides is 1. The van der Waals surface area contributed by atoms with Crippen LogP contribution in [0.15, 0.2) is 47.6 Å². The number of hydrogen-bond acceptors (Lipinski definition) is 3. The summed E-state index contributed by atoms with van der Waals surface area (Å²) < 4.78 is 27.9. The van der Waals surface area contributed by atoms with Gasteiger partial charge in [-0.2, -0.15) is 0 Å². The summed E-state index contributed by atoms with van der Waals surface area (Å²) in [6.45, 7) is 3.69. The van der Waals surface area contributed by atoms with Gasteiger partial charge in [-0.05, 0) is 43.8 Å². The van der Waals surface area contributed by atoms with Crippen molar-refractivity contribution in [3.8, 4) is 0 Å². The van der Waals surface area contributed by atoms with Gasteiger partial charge < -0.3 is 9.88 Å². The number of anilines is 1. The summed E-state index contributed by atoms with van der Waals surface area (Å²) in [6.07, 6.45) is 4.10. The number of aryl methyl sites for hydroxylation is 1. The lowest BCUT2D eigenvalue weighted by Crippen LogP contribution is -2.18. The van der Waals surface area contributed by atoms with E-state index in [1.807, 2.05) is 18.3 Å². The van der Waals surface area contributed by atoms with E-state index in [9.17, 15) is 8.42 Å². The maximum Gasteiger partial charge on any atom is 0.240 e. The first kappa shape index (κ1) is 14.6. The lowest BCUT2D eigenvalue weighted by molar-refractivity contribution is 0.588. The Bertz CT molecular complexity index is 677. The van der Waals surface area contributed by atoms with E-state index < -0.39 is 10.0 Å². The molecule has 1 heterocycles. The summed E-state index contributed by atoms with van der Waals surface area (Å²) in [5.41, 5.74) is 1.94. The molecule has 2 N–H and O–H groups in total. The predicted molar refractivity (Wildman–Crippen MR) is 80.1 cm³/mol. The van der Waals surface area contributed by atoms with Crippen LogP contribution in [-0.2, 0) is 23.1 Å². The van der Waals surface area contributed by atoms with Crippen LogP contribution in [0.3, 0.4) is 0 Å². The fourth-order valence-electron chi connectivity index (χ4n) is 1.89. The van der Waals surface area contributed by atoms with Crippen LogP contribution < -0.4 is 10.0 Å². The van der Waals surface area contributed by atoms with Crippen LogP contribution in [0.1, 0.15) is 12.5 Å². The SMILES string of the molecule is CCn1ccc(CNc2cccc(S(=O)(=O)NC)c2)c1. The highest BCUT2D eigenvalue weighted by Gasteiger charge is 2.11. The molecular formula is C14H19N3O2S. The number of nitrogens with one attached hydrogen (secondary N) is 2.